The monoisotopic (exact) mass is 408 g/mol. The number of aromatic nitrogens is 3. The van der Waals surface area contributed by atoms with Gasteiger partial charge in [0.1, 0.15) is 11.9 Å². The van der Waals surface area contributed by atoms with Gasteiger partial charge >= 0.3 is 5.97 Å². The Hall–Kier alpha value is -2.99. The molecule has 2 atom stereocenters. The summed E-state index contributed by atoms with van der Waals surface area (Å²) in [6, 6.07) is 11.1. The molecule has 1 aromatic carbocycles. The molecule has 7 heteroatoms. The molecule has 1 aliphatic heterocycles. The van der Waals surface area contributed by atoms with E-state index in [-0.39, 0.29) is 24.3 Å². The van der Waals surface area contributed by atoms with Crippen molar-refractivity contribution in [2.24, 2.45) is 10.9 Å². The first-order chi connectivity index (χ1) is 14.0. The molecule has 0 N–H and O–H groups in total. The molecule has 2 aromatic heterocycles. The Labute approximate surface area is 174 Å². The number of imidazole rings is 1. The maximum absolute atomic E-state index is 12.0. The number of fused-ring (bicyclic) bond motifs is 3. The van der Waals surface area contributed by atoms with E-state index in [1.165, 1.54) is 7.11 Å². The lowest BCUT2D eigenvalue weighted by atomic mass is 9.97. The summed E-state index contributed by atoms with van der Waals surface area (Å²) in [5, 5.41) is 0.618. The lowest BCUT2D eigenvalue weighted by Crippen LogP contribution is -2.17. The van der Waals surface area contributed by atoms with Gasteiger partial charge in [0, 0.05) is 28.7 Å². The van der Waals surface area contributed by atoms with Gasteiger partial charge in [0.25, 0.3) is 0 Å². The van der Waals surface area contributed by atoms with Gasteiger partial charge in [-0.1, -0.05) is 24.6 Å². The zero-order chi connectivity index (χ0) is 20.5. The van der Waals surface area contributed by atoms with Crippen molar-refractivity contribution >= 4 is 23.3 Å². The number of ether oxygens (including phenoxy) is 1. The number of hydrogen-bond acceptors (Lipinski definition) is 5. The van der Waals surface area contributed by atoms with Gasteiger partial charge in [-0.15, -0.1) is 0 Å². The van der Waals surface area contributed by atoms with Gasteiger partial charge in [0.05, 0.1) is 30.6 Å². The van der Waals surface area contributed by atoms with Crippen molar-refractivity contribution < 1.29 is 9.53 Å². The van der Waals surface area contributed by atoms with E-state index in [0.29, 0.717) is 5.02 Å². The predicted molar refractivity (Wildman–Crippen MR) is 112 cm³/mol. The molecule has 0 amide bonds. The molecule has 1 unspecified atom stereocenters. The number of rotatable bonds is 4. The van der Waals surface area contributed by atoms with Crippen LogP contribution in [-0.4, -0.2) is 33.3 Å². The van der Waals surface area contributed by atoms with E-state index in [0.717, 1.165) is 34.2 Å². The molecule has 0 spiro atoms. The third-order valence-corrected chi connectivity index (χ3v) is 5.35. The van der Waals surface area contributed by atoms with Crippen LogP contribution < -0.4 is 0 Å². The molecule has 4 rings (SSSR count). The SMILES string of the molecule is COC(=O)C[C@H](C)C1N=C(c2ccccn2)c2cc(Cl)ccc2-n2c(C)cnc21. The highest BCUT2D eigenvalue weighted by Crippen LogP contribution is 2.36. The zero-order valence-corrected chi connectivity index (χ0v) is 17.2. The molecule has 0 radical (unpaired) electrons. The van der Waals surface area contributed by atoms with E-state index >= 15 is 0 Å². The Morgan fingerprint density at radius 3 is 2.83 bits per heavy atom. The fourth-order valence-corrected chi connectivity index (χ4v) is 3.86. The topological polar surface area (TPSA) is 69.4 Å². The summed E-state index contributed by atoms with van der Waals surface area (Å²) in [7, 11) is 1.40. The largest absolute Gasteiger partial charge is 0.469 e. The van der Waals surface area contributed by atoms with Gasteiger partial charge in [-0.05, 0) is 43.2 Å². The van der Waals surface area contributed by atoms with Gasteiger partial charge in [-0.25, -0.2) is 4.98 Å². The second kappa shape index (κ2) is 7.79. The van der Waals surface area contributed by atoms with Crippen LogP contribution in [0.1, 0.15) is 42.2 Å². The Kier molecular flexibility index (Phi) is 5.20. The molecule has 0 fully saturated rings. The van der Waals surface area contributed by atoms with Gasteiger partial charge in [0.2, 0.25) is 0 Å². The molecule has 148 valence electrons. The summed E-state index contributed by atoms with van der Waals surface area (Å²) < 4.78 is 6.97. The Balaban J connectivity index is 1.97. The van der Waals surface area contributed by atoms with Gasteiger partial charge in [-0.3, -0.25) is 19.3 Å². The number of esters is 1. The molecule has 0 aliphatic carbocycles. The number of nitrogens with zero attached hydrogens (tertiary/aromatic N) is 4. The molecule has 3 heterocycles. The number of carbonyl (C=O) groups is 1. The maximum Gasteiger partial charge on any atom is 0.305 e. The van der Waals surface area contributed by atoms with Crippen molar-refractivity contribution in [3.63, 3.8) is 0 Å². The summed E-state index contributed by atoms with van der Waals surface area (Å²) in [6.07, 6.45) is 3.81. The molecule has 3 aromatic rings. The molecule has 0 saturated heterocycles. The van der Waals surface area contributed by atoms with E-state index in [1.807, 2.05) is 56.4 Å². The van der Waals surface area contributed by atoms with Crippen LogP contribution in [0, 0.1) is 12.8 Å². The van der Waals surface area contributed by atoms with Crippen molar-refractivity contribution in [1.29, 1.82) is 0 Å². The van der Waals surface area contributed by atoms with Crippen LogP contribution in [0.15, 0.2) is 53.8 Å². The van der Waals surface area contributed by atoms with Crippen molar-refractivity contribution in [2.45, 2.75) is 26.3 Å². The standard InChI is InChI=1S/C22H21ClN4O2/c1-13(10-19(28)29-3)20-22-25-12-14(2)27(22)18-8-7-15(23)11-16(18)21(26-20)17-6-4-5-9-24-17/h4-9,11-13,20H,10H2,1-3H3/t13-,20?/m0/s1. The van der Waals surface area contributed by atoms with E-state index in [9.17, 15) is 4.79 Å². The van der Waals surface area contributed by atoms with Crippen LogP contribution in [0.25, 0.3) is 5.69 Å². The minimum Gasteiger partial charge on any atom is -0.469 e. The summed E-state index contributed by atoms with van der Waals surface area (Å²) in [5.41, 5.74) is 4.28. The first kappa shape index (κ1) is 19.3. The lowest BCUT2D eigenvalue weighted by Gasteiger charge is -2.19. The third-order valence-electron chi connectivity index (χ3n) is 5.12. The third kappa shape index (κ3) is 3.56. The molecular weight excluding hydrogens is 388 g/mol. The number of aryl methyl sites for hydroxylation is 1. The number of carbonyl (C=O) groups excluding carboxylic acids is 1. The molecule has 0 bridgehead atoms. The normalized spacial score (nSPS) is 16.3. The van der Waals surface area contributed by atoms with Gasteiger partial charge in [0.15, 0.2) is 0 Å². The zero-order valence-electron chi connectivity index (χ0n) is 16.5. The second-order valence-electron chi connectivity index (χ2n) is 7.15. The Morgan fingerprint density at radius 2 is 2.10 bits per heavy atom. The van der Waals surface area contributed by atoms with Crippen LogP contribution in [0.5, 0.6) is 0 Å². The molecule has 6 nitrogen and oxygen atoms in total. The van der Waals surface area contributed by atoms with Crippen molar-refractivity contribution in [1.82, 2.24) is 14.5 Å². The average Bonchev–Trinajstić information content (AvgIpc) is 3.03. The lowest BCUT2D eigenvalue weighted by molar-refractivity contribution is -0.141. The first-order valence-electron chi connectivity index (χ1n) is 9.40. The maximum atomic E-state index is 12.0. The number of pyridine rings is 1. The van der Waals surface area contributed by atoms with Crippen LogP contribution in [0.3, 0.4) is 0 Å². The molecular formula is C22H21ClN4O2. The van der Waals surface area contributed by atoms with Crippen molar-refractivity contribution in [3.8, 4) is 5.69 Å². The Morgan fingerprint density at radius 1 is 1.28 bits per heavy atom. The Bertz CT molecular complexity index is 1090. The number of halogens is 1. The van der Waals surface area contributed by atoms with Gasteiger partial charge in [-0.2, -0.15) is 0 Å². The van der Waals surface area contributed by atoms with E-state index < -0.39 is 0 Å². The van der Waals surface area contributed by atoms with Gasteiger partial charge < -0.3 is 4.74 Å². The fourth-order valence-electron chi connectivity index (χ4n) is 3.68. The van der Waals surface area contributed by atoms with E-state index in [4.69, 9.17) is 21.3 Å². The van der Waals surface area contributed by atoms with E-state index in [1.54, 1.807) is 6.20 Å². The van der Waals surface area contributed by atoms with Crippen LogP contribution in [-0.2, 0) is 9.53 Å². The summed E-state index contributed by atoms with van der Waals surface area (Å²) in [5.74, 6) is 0.395. The number of methoxy groups -OCH3 is 1. The number of hydrogen-bond donors (Lipinski definition) is 0. The fraction of sp³-hybridized carbons (Fsp3) is 0.273. The van der Waals surface area contributed by atoms with Crippen LogP contribution >= 0.6 is 11.6 Å². The highest BCUT2D eigenvalue weighted by molar-refractivity contribution is 6.31. The first-order valence-corrected chi connectivity index (χ1v) is 9.78. The number of benzene rings is 1. The molecule has 0 saturated carbocycles. The summed E-state index contributed by atoms with van der Waals surface area (Å²) in [4.78, 5) is 26.2. The molecule has 29 heavy (non-hydrogen) atoms. The van der Waals surface area contributed by atoms with Crippen LogP contribution in [0.4, 0.5) is 0 Å². The highest BCUT2D eigenvalue weighted by Gasteiger charge is 2.32. The van der Waals surface area contributed by atoms with Crippen molar-refractivity contribution in [2.75, 3.05) is 7.11 Å². The minimum absolute atomic E-state index is 0.119. The van der Waals surface area contributed by atoms with Crippen molar-refractivity contribution in [3.05, 3.63) is 76.6 Å². The quantitative estimate of drug-likeness (QED) is 0.603. The highest BCUT2D eigenvalue weighted by atomic mass is 35.5. The molecule has 1 aliphatic rings. The van der Waals surface area contributed by atoms with Crippen LogP contribution in [0.2, 0.25) is 5.02 Å². The predicted octanol–water partition coefficient (Wildman–Crippen LogP) is 4.32. The smallest absolute Gasteiger partial charge is 0.305 e. The summed E-state index contributed by atoms with van der Waals surface area (Å²) in [6.45, 7) is 3.99. The summed E-state index contributed by atoms with van der Waals surface area (Å²) >= 11 is 6.35. The second-order valence-corrected chi connectivity index (χ2v) is 7.59. The average molecular weight is 409 g/mol. The minimum atomic E-state index is -0.342. The number of aliphatic imine (C=N–C) groups is 1. The van der Waals surface area contributed by atoms with E-state index in [2.05, 4.69) is 14.5 Å².